The molecule has 2 aliphatic rings. The average Bonchev–Trinajstić information content (AvgIpc) is 3.55. The van der Waals surface area contributed by atoms with E-state index in [9.17, 15) is 24.9 Å². The number of fused-ring (bicyclic) bond motifs is 2. The molecule has 0 radical (unpaired) electrons. The molecule has 0 aliphatic carbocycles. The molecule has 0 aromatic heterocycles. The van der Waals surface area contributed by atoms with Crippen LogP contribution >= 0.6 is 0 Å². The lowest BCUT2D eigenvalue weighted by Crippen LogP contribution is -2.30. The Morgan fingerprint density at radius 3 is 2.91 bits per heavy atom. The van der Waals surface area contributed by atoms with Crippen LogP contribution in [0.1, 0.15) is 28.8 Å². The first-order chi connectivity index (χ1) is 15.4. The van der Waals surface area contributed by atoms with Gasteiger partial charge in [0.25, 0.3) is 0 Å². The van der Waals surface area contributed by atoms with E-state index in [-0.39, 0.29) is 30.1 Å². The fourth-order valence-corrected chi connectivity index (χ4v) is 3.38. The summed E-state index contributed by atoms with van der Waals surface area (Å²) in [7, 11) is 1.59. The van der Waals surface area contributed by atoms with E-state index in [1.54, 1.807) is 25.3 Å². The molecule has 1 aromatic rings. The van der Waals surface area contributed by atoms with E-state index in [0.29, 0.717) is 5.56 Å². The zero-order chi connectivity index (χ0) is 23.1. The van der Waals surface area contributed by atoms with Crippen LogP contribution in [0, 0.1) is 0 Å². The third-order valence-electron chi connectivity index (χ3n) is 5.03. The summed E-state index contributed by atoms with van der Waals surface area (Å²) in [6, 6.07) is 4.56. The molecule has 5 atom stereocenters. The average molecular weight is 442 g/mol. The summed E-state index contributed by atoms with van der Waals surface area (Å²) in [6.45, 7) is 0. The minimum Gasteiger partial charge on any atom is -0.507 e. The van der Waals surface area contributed by atoms with Crippen LogP contribution in [0.2, 0.25) is 0 Å². The fourth-order valence-electron chi connectivity index (χ4n) is 3.38. The highest BCUT2D eigenvalue weighted by Crippen LogP contribution is 2.33. The number of amides is 1. The molecule has 9 heteroatoms. The van der Waals surface area contributed by atoms with Gasteiger partial charge in [-0.3, -0.25) is 9.79 Å². The molecule has 1 aromatic carbocycles. The first kappa shape index (κ1) is 23.4. The van der Waals surface area contributed by atoms with Crippen molar-refractivity contribution in [2.45, 2.75) is 43.4 Å². The number of aromatic hydroxyl groups is 1. The van der Waals surface area contributed by atoms with Crippen LogP contribution < -0.4 is 5.32 Å². The van der Waals surface area contributed by atoms with Crippen LogP contribution in [0.3, 0.4) is 0 Å². The molecule has 0 saturated carbocycles. The highest BCUT2D eigenvalue weighted by molar-refractivity contribution is 5.96. The number of nitrogens with zero attached hydrogens (tertiary/aromatic N) is 1. The highest BCUT2D eigenvalue weighted by Gasteiger charge is 2.48. The number of cyclic esters (lactones) is 1. The van der Waals surface area contributed by atoms with E-state index in [4.69, 9.17) is 9.47 Å². The number of esters is 1. The molecule has 1 amide bonds. The number of aliphatic imine (C=N–C) groups is 1. The van der Waals surface area contributed by atoms with E-state index < -0.39 is 36.5 Å². The maximum Gasteiger partial charge on any atom is 0.342 e. The number of aliphatic hydroxyl groups is 2. The van der Waals surface area contributed by atoms with Gasteiger partial charge in [-0.2, -0.15) is 0 Å². The van der Waals surface area contributed by atoms with Crippen LogP contribution in [0.25, 0.3) is 6.08 Å². The first-order valence-corrected chi connectivity index (χ1v) is 10.2. The van der Waals surface area contributed by atoms with Gasteiger partial charge in [0.05, 0.1) is 6.10 Å². The molecule has 9 nitrogen and oxygen atoms in total. The van der Waals surface area contributed by atoms with Crippen molar-refractivity contribution in [1.82, 2.24) is 5.32 Å². The largest absolute Gasteiger partial charge is 0.507 e. The number of epoxide rings is 1. The molecule has 0 spiro atoms. The molecule has 1 saturated heterocycles. The third kappa shape index (κ3) is 6.13. The van der Waals surface area contributed by atoms with Gasteiger partial charge in [0.2, 0.25) is 5.91 Å². The van der Waals surface area contributed by atoms with Crippen LogP contribution in [-0.2, 0) is 14.3 Å². The number of aliphatic hydroxyl groups excluding tert-OH is 2. The van der Waals surface area contributed by atoms with Gasteiger partial charge < -0.3 is 30.1 Å². The second kappa shape index (κ2) is 10.9. The second-order valence-electron chi connectivity index (χ2n) is 7.40. The van der Waals surface area contributed by atoms with E-state index in [1.165, 1.54) is 42.8 Å². The molecular formula is C23H26N2O7. The number of benzene rings is 1. The predicted octanol–water partition coefficient (Wildman–Crippen LogP) is 1.10. The number of carbonyl (C=O) groups is 2. The van der Waals surface area contributed by atoms with Crippen molar-refractivity contribution in [3.63, 3.8) is 0 Å². The third-order valence-corrected chi connectivity index (χ3v) is 5.03. The monoisotopic (exact) mass is 442 g/mol. The van der Waals surface area contributed by atoms with Crippen LogP contribution in [0.5, 0.6) is 5.75 Å². The Morgan fingerprint density at radius 2 is 2.12 bits per heavy atom. The molecule has 2 heterocycles. The minimum atomic E-state index is -0.973. The van der Waals surface area contributed by atoms with Gasteiger partial charge >= 0.3 is 5.97 Å². The first-order valence-electron chi connectivity index (χ1n) is 10.2. The predicted molar refractivity (Wildman–Crippen MR) is 117 cm³/mol. The summed E-state index contributed by atoms with van der Waals surface area (Å²) < 4.78 is 11.0. The topological polar surface area (TPSA) is 141 Å². The summed E-state index contributed by atoms with van der Waals surface area (Å²) in [6.07, 6.45) is 6.66. The number of allylic oxidation sites excluding steroid dienone is 1. The summed E-state index contributed by atoms with van der Waals surface area (Å²) in [5.41, 5.74) is 0.348. The number of phenols is 1. The Hall–Kier alpha value is -3.27. The van der Waals surface area contributed by atoms with Gasteiger partial charge in [-0.25, -0.2) is 4.79 Å². The Morgan fingerprint density at radius 1 is 1.31 bits per heavy atom. The Kier molecular flexibility index (Phi) is 7.93. The van der Waals surface area contributed by atoms with Gasteiger partial charge in [-0.1, -0.05) is 30.4 Å². The van der Waals surface area contributed by atoms with E-state index in [1.807, 2.05) is 0 Å². The van der Waals surface area contributed by atoms with Crippen molar-refractivity contribution in [3.8, 4) is 5.75 Å². The Balaban J connectivity index is 1.75. The van der Waals surface area contributed by atoms with E-state index in [2.05, 4.69) is 10.3 Å². The molecule has 1 fully saturated rings. The van der Waals surface area contributed by atoms with E-state index in [0.717, 1.165) is 0 Å². The van der Waals surface area contributed by atoms with Gasteiger partial charge in [0, 0.05) is 38.4 Å². The molecule has 3 rings (SSSR count). The number of carbonyl (C=O) groups excluding carboxylic acids is 2. The van der Waals surface area contributed by atoms with Crippen molar-refractivity contribution < 1.29 is 34.4 Å². The number of nitrogens with one attached hydrogen (secondary N) is 1. The van der Waals surface area contributed by atoms with Crippen LogP contribution in [0.15, 0.2) is 53.7 Å². The summed E-state index contributed by atoms with van der Waals surface area (Å²) in [4.78, 5) is 28.2. The van der Waals surface area contributed by atoms with Gasteiger partial charge in [-0.15, -0.1) is 0 Å². The SMILES string of the molecule is CN=C/C=C/C(=O)N/C=C/CC1CC(O)C2OC2C(O)/C=C/c2cccc(O)c2C(=O)O1. The normalized spacial score (nSPS) is 29.1. The quantitative estimate of drug-likeness (QED) is 0.232. The Bertz CT molecular complexity index is 954. The van der Waals surface area contributed by atoms with Crippen molar-refractivity contribution in [1.29, 1.82) is 0 Å². The lowest BCUT2D eigenvalue weighted by molar-refractivity contribution is -0.115. The number of hydrogen-bond acceptors (Lipinski definition) is 8. The van der Waals surface area contributed by atoms with Crippen LogP contribution in [-0.4, -0.2) is 71.0 Å². The lowest BCUT2D eigenvalue weighted by Gasteiger charge is -2.20. The van der Waals surface area contributed by atoms with Crippen molar-refractivity contribution >= 4 is 24.2 Å². The Labute approximate surface area is 185 Å². The molecule has 0 bridgehead atoms. The standard InChI is InChI=1S/C23H26N2O7/c1-24-11-4-8-19(29)25-12-3-6-15-13-18(28)22-21(32-22)17(27)10-9-14-5-2-7-16(26)20(14)23(30)31-15/h2-5,7-12,15,17-18,21-22,26-28H,6,13H2,1H3,(H,25,29)/b8-4+,10-9+,12-3+,24-11?. The van der Waals surface area contributed by atoms with Crippen molar-refractivity contribution in [2.75, 3.05) is 7.05 Å². The van der Waals surface area contributed by atoms with Gasteiger partial charge in [0.15, 0.2) is 0 Å². The zero-order valence-corrected chi connectivity index (χ0v) is 17.5. The fraction of sp³-hybridized carbons (Fsp3) is 0.348. The molecule has 4 N–H and O–H groups in total. The van der Waals surface area contributed by atoms with Crippen molar-refractivity contribution in [3.05, 3.63) is 59.8 Å². The summed E-state index contributed by atoms with van der Waals surface area (Å²) >= 11 is 0. The lowest BCUT2D eigenvalue weighted by atomic mass is 10.00. The second-order valence-corrected chi connectivity index (χ2v) is 7.40. The maximum atomic E-state index is 12.8. The molecule has 170 valence electrons. The summed E-state index contributed by atoms with van der Waals surface area (Å²) in [5.74, 6) is -1.37. The molecular weight excluding hydrogens is 416 g/mol. The van der Waals surface area contributed by atoms with E-state index >= 15 is 0 Å². The molecule has 2 aliphatic heterocycles. The van der Waals surface area contributed by atoms with Crippen molar-refractivity contribution in [2.24, 2.45) is 4.99 Å². The molecule has 32 heavy (non-hydrogen) atoms. The molecule has 5 unspecified atom stereocenters. The number of phenolic OH excluding ortho intramolecular Hbond substituents is 1. The van der Waals surface area contributed by atoms with Gasteiger partial charge in [-0.05, 0) is 17.7 Å². The maximum absolute atomic E-state index is 12.8. The number of ether oxygens (including phenoxy) is 2. The number of hydrogen-bond donors (Lipinski definition) is 4. The number of rotatable bonds is 5. The smallest absolute Gasteiger partial charge is 0.342 e. The van der Waals surface area contributed by atoms with Gasteiger partial charge in [0.1, 0.15) is 35.7 Å². The highest BCUT2D eigenvalue weighted by atomic mass is 16.6. The zero-order valence-electron chi connectivity index (χ0n) is 17.5. The van der Waals surface area contributed by atoms with Crippen LogP contribution in [0.4, 0.5) is 0 Å². The minimum absolute atomic E-state index is 0.0377. The summed E-state index contributed by atoms with van der Waals surface area (Å²) in [5, 5.41) is 33.5.